The SMILES string of the molecule is [C-]#[N+]/C(C(=O)OCCCCCCCCCCCCCC)=C(/O)CCl. The van der Waals surface area contributed by atoms with Gasteiger partial charge in [-0.3, -0.25) is 4.79 Å². The first-order valence-corrected chi connectivity index (χ1v) is 9.73. The third-order valence-electron chi connectivity index (χ3n) is 3.94. The molecule has 0 fully saturated rings. The normalized spacial score (nSPS) is 11.7. The molecule has 0 aliphatic carbocycles. The number of rotatable bonds is 15. The van der Waals surface area contributed by atoms with Crippen molar-refractivity contribution in [3.8, 4) is 0 Å². The van der Waals surface area contributed by atoms with E-state index in [9.17, 15) is 9.90 Å². The summed E-state index contributed by atoms with van der Waals surface area (Å²) < 4.78 is 4.98. The molecule has 0 radical (unpaired) electrons. The minimum atomic E-state index is -0.786. The predicted molar refractivity (Wildman–Crippen MR) is 99.0 cm³/mol. The van der Waals surface area contributed by atoms with Gasteiger partial charge >= 0.3 is 11.7 Å². The van der Waals surface area contributed by atoms with Gasteiger partial charge in [0.05, 0.1) is 19.1 Å². The molecule has 0 spiro atoms. The lowest BCUT2D eigenvalue weighted by atomic mass is 10.1. The summed E-state index contributed by atoms with van der Waals surface area (Å²) in [5, 5.41) is 9.33. The van der Waals surface area contributed by atoms with E-state index in [2.05, 4.69) is 11.8 Å². The smallest absolute Gasteiger partial charge is 0.339 e. The Kier molecular flexibility index (Phi) is 15.8. The number of carbonyl (C=O) groups is 1. The second-order valence-corrected chi connectivity index (χ2v) is 6.33. The molecule has 0 aliphatic rings. The largest absolute Gasteiger partial charge is 0.522 e. The van der Waals surface area contributed by atoms with E-state index < -0.39 is 17.4 Å². The summed E-state index contributed by atoms with van der Waals surface area (Å²) in [6, 6.07) is 0. The van der Waals surface area contributed by atoms with Gasteiger partial charge in [-0.25, -0.2) is 4.85 Å². The number of esters is 1. The van der Waals surface area contributed by atoms with Crippen LogP contribution in [0.25, 0.3) is 4.85 Å². The summed E-state index contributed by atoms with van der Waals surface area (Å²) >= 11 is 5.40. The fourth-order valence-electron chi connectivity index (χ4n) is 2.47. The second kappa shape index (κ2) is 16.6. The van der Waals surface area contributed by atoms with E-state index in [1.165, 1.54) is 57.8 Å². The van der Waals surface area contributed by atoms with Crippen LogP contribution in [0.2, 0.25) is 0 Å². The van der Waals surface area contributed by atoms with Gasteiger partial charge in [0.25, 0.3) is 0 Å². The van der Waals surface area contributed by atoms with Crippen molar-refractivity contribution in [1.82, 2.24) is 0 Å². The van der Waals surface area contributed by atoms with Gasteiger partial charge in [-0.05, 0) is 6.42 Å². The lowest BCUT2D eigenvalue weighted by Crippen LogP contribution is -2.09. The van der Waals surface area contributed by atoms with Crippen LogP contribution in [0.3, 0.4) is 0 Å². The Morgan fingerprint density at radius 3 is 1.83 bits per heavy atom. The van der Waals surface area contributed by atoms with Gasteiger partial charge in [0, 0.05) is 0 Å². The van der Waals surface area contributed by atoms with E-state index >= 15 is 0 Å². The summed E-state index contributed by atoms with van der Waals surface area (Å²) in [6.07, 6.45) is 14.9. The Balaban J connectivity index is 3.46. The van der Waals surface area contributed by atoms with Gasteiger partial charge in [0.2, 0.25) is 0 Å². The van der Waals surface area contributed by atoms with Gasteiger partial charge in [0.1, 0.15) is 5.76 Å². The highest BCUT2D eigenvalue weighted by molar-refractivity contribution is 6.19. The number of ether oxygens (including phenoxy) is 1. The second-order valence-electron chi connectivity index (χ2n) is 6.07. The number of allylic oxidation sites excluding steroid dienone is 1. The van der Waals surface area contributed by atoms with Crippen molar-refractivity contribution in [1.29, 1.82) is 0 Å². The Labute approximate surface area is 152 Å². The van der Waals surface area contributed by atoms with E-state index in [-0.39, 0.29) is 12.5 Å². The van der Waals surface area contributed by atoms with Crippen LogP contribution in [0.1, 0.15) is 84.0 Å². The molecule has 0 rings (SSSR count). The molecular formula is C19H32ClNO3. The van der Waals surface area contributed by atoms with Crippen LogP contribution in [0.4, 0.5) is 0 Å². The van der Waals surface area contributed by atoms with Gasteiger partial charge in [0.15, 0.2) is 0 Å². The zero-order valence-electron chi connectivity index (χ0n) is 15.0. The van der Waals surface area contributed by atoms with Crippen molar-refractivity contribution in [3.63, 3.8) is 0 Å². The maximum Gasteiger partial charge on any atom is 0.339 e. The van der Waals surface area contributed by atoms with Crippen molar-refractivity contribution < 1.29 is 14.6 Å². The minimum Gasteiger partial charge on any atom is -0.522 e. The van der Waals surface area contributed by atoms with Crippen molar-refractivity contribution in [2.45, 2.75) is 84.0 Å². The van der Waals surface area contributed by atoms with Crippen molar-refractivity contribution in [2.24, 2.45) is 0 Å². The lowest BCUT2D eigenvalue weighted by molar-refractivity contribution is -0.139. The van der Waals surface area contributed by atoms with Crippen LogP contribution in [-0.2, 0) is 9.53 Å². The molecule has 24 heavy (non-hydrogen) atoms. The number of halogens is 1. The average molecular weight is 358 g/mol. The van der Waals surface area contributed by atoms with Crippen LogP contribution in [0, 0.1) is 6.57 Å². The molecule has 0 saturated carbocycles. The van der Waals surface area contributed by atoms with Crippen LogP contribution < -0.4 is 0 Å². The number of carbonyl (C=O) groups excluding carboxylic acids is 1. The Hall–Kier alpha value is -1.21. The fraction of sp³-hybridized carbons (Fsp3) is 0.789. The third-order valence-corrected chi connectivity index (χ3v) is 4.19. The fourth-order valence-corrected chi connectivity index (χ4v) is 2.59. The predicted octanol–water partition coefficient (Wildman–Crippen LogP) is 6.16. The summed E-state index contributed by atoms with van der Waals surface area (Å²) in [5.41, 5.74) is -0.413. The maximum absolute atomic E-state index is 11.6. The van der Waals surface area contributed by atoms with E-state index in [1.54, 1.807) is 0 Å². The quantitative estimate of drug-likeness (QED) is 0.0953. The molecule has 0 unspecified atom stereocenters. The van der Waals surface area contributed by atoms with E-state index in [0.717, 1.165) is 19.3 Å². The Morgan fingerprint density at radius 2 is 1.42 bits per heavy atom. The third kappa shape index (κ3) is 12.2. The lowest BCUT2D eigenvalue weighted by Gasteiger charge is -2.05. The van der Waals surface area contributed by atoms with Crippen LogP contribution in [0.5, 0.6) is 0 Å². The number of aliphatic hydroxyl groups excluding tert-OH is 1. The van der Waals surface area contributed by atoms with Crippen molar-refractivity contribution in [3.05, 3.63) is 22.9 Å². The molecule has 0 aliphatic heterocycles. The molecule has 0 amide bonds. The van der Waals surface area contributed by atoms with E-state index in [1.807, 2.05) is 0 Å². The molecule has 0 atom stereocenters. The highest BCUT2D eigenvalue weighted by Gasteiger charge is 2.16. The van der Waals surface area contributed by atoms with E-state index in [0.29, 0.717) is 0 Å². The highest BCUT2D eigenvalue weighted by atomic mass is 35.5. The first kappa shape index (κ1) is 22.8. The first-order chi connectivity index (χ1) is 11.7. The number of alkyl halides is 1. The maximum atomic E-state index is 11.6. The number of hydrogen-bond donors (Lipinski definition) is 1. The summed E-state index contributed by atoms with van der Waals surface area (Å²) in [7, 11) is 0. The van der Waals surface area contributed by atoms with Crippen molar-refractivity contribution >= 4 is 17.6 Å². The zero-order valence-corrected chi connectivity index (χ0v) is 15.7. The molecule has 138 valence electrons. The Morgan fingerprint density at radius 1 is 0.958 bits per heavy atom. The van der Waals surface area contributed by atoms with E-state index in [4.69, 9.17) is 22.9 Å². The molecule has 1 N–H and O–H groups in total. The summed E-state index contributed by atoms with van der Waals surface area (Å²) in [4.78, 5) is 14.5. The molecular weight excluding hydrogens is 326 g/mol. The van der Waals surface area contributed by atoms with Crippen LogP contribution in [-0.4, -0.2) is 23.6 Å². The van der Waals surface area contributed by atoms with Gasteiger partial charge in [-0.15, -0.1) is 11.6 Å². The molecule has 0 bridgehead atoms. The summed E-state index contributed by atoms with van der Waals surface area (Å²) in [6.45, 7) is 9.37. The number of hydrogen-bond acceptors (Lipinski definition) is 3. The molecule has 4 nitrogen and oxygen atoms in total. The number of nitrogens with zero attached hydrogens (tertiary/aromatic N) is 1. The monoisotopic (exact) mass is 357 g/mol. The molecule has 0 heterocycles. The molecule has 0 saturated heterocycles. The van der Waals surface area contributed by atoms with Gasteiger partial charge in [-0.2, -0.15) is 0 Å². The number of aliphatic hydroxyl groups is 1. The minimum absolute atomic E-state index is 0.259. The number of unbranched alkanes of at least 4 members (excludes halogenated alkanes) is 11. The average Bonchev–Trinajstić information content (AvgIpc) is 2.59. The van der Waals surface area contributed by atoms with Gasteiger partial charge in [-0.1, -0.05) is 77.6 Å². The standard InChI is InChI=1S/C19H32ClNO3/c1-3-4-5-6-7-8-9-10-11-12-13-14-15-24-19(23)18(21-2)17(22)16-20/h22H,3-16H2,1H3/b18-17+. The molecule has 0 aromatic rings. The van der Waals surface area contributed by atoms with Crippen LogP contribution >= 0.6 is 11.6 Å². The van der Waals surface area contributed by atoms with Crippen LogP contribution in [0.15, 0.2) is 11.5 Å². The Bertz CT molecular complexity index is 402. The highest BCUT2D eigenvalue weighted by Crippen LogP contribution is 2.12. The molecule has 0 aromatic carbocycles. The van der Waals surface area contributed by atoms with Crippen molar-refractivity contribution in [2.75, 3.05) is 12.5 Å². The molecule has 0 aromatic heterocycles. The summed E-state index contributed by atoms with van der Waals surface area (Å²) in [5.74, 6) is -1.47. The zero-order chi connectivity index (χ0) is 18.0. The van der Waals surface area contributed by atoms with Gasteiger partial charge < -0.3 is 9.84 Å². The topological polar surface area (TPSA) is 50.9 Å². The first-order valence-electron chi connectivity index (χ1n) is 9.20. The molecule has 5 heteroatoms.